The third-order valence-electron chi connectivity index (χ3n) is 1.88. The molecule has 0 aliphatic carbocycles. The van der Waals surface area contributed by atoms with Crippen LogP contribution in [0.25, 0.3) is 10.9 Å². The molecule has 0 amide bonds. The number of rotatable bonds is 1. The Morgan fingerprint density at radius 1 is 1.29 bits per heavy atom. The predicted octanol–water partition coefficient (Wildman–Crippen LogP) is 1.62. The summed E-state index contributed by atoms with van der Waals surface area (Å²) in [7, 11) is -4.20. The molecular weight excluding hydrogens is 225 g/mol. The van der Waals surface area contributed by atoms with E-state index in [2.05, 4.69) is 4.98 Å². The molecule has 1 aromatic carbocycles. The minimum atomic E-state index is -4.20. The van der Waals surface area contributed by atoms with E-state index in [1.165, 1.54) is 6.07 Å². The lowest BCUT2D eigenvalue weighted by atomic mass is 10.2. The molecule has 4 nitrogen and oxygen atoms in total. The first kappa shape index (κ1) is 9.74. The van der Waals surface area contributed by atoms with Gasteiger partial charge in [0.2, 0.25) is 0 Å². The molecular formula is C8H7ClNO3P. The van der Waals surface area contributed by atoms with Crippen LogP contribution in [0.5, 0.6) is 0 Å². The fraction of sp³-hybridized carbons (Fsp3) is 0. The lowest BCUT2D eigenvalue weighted by Gasteiger charge is -1.97. The molecule has 6 heteroatoms. The Bertz CT molecular complexity index is 530. The second kappa shape index (κ2) is 3.11. The lowest BCUT2D eigenvalue weighted by Crippen LogP contribution is -2.02. The van der Waals surface area contributed by atoms with Gasteiger partial charge in [0.1, 0.15) is 5.44 Å². The minimum absolute atomic E-state index is 0.0882. The van der Waals surface area contributed by atoms with Crippen LogP contribution in [0.15, 0.2) is 24.3 Å². The molecule has 0 aliphatic rings. The van der Waals surface area contributed by atoms with Crippen LogP contribution in [0.4, 0.5) is 0 Å². The van der Waals surface area contributed by atoms with Gasteiger partial charge in [0, 0.05) is 15.9 Å². The van der Waals surface area contributed by atoms with Crippen LogP contribution in [0, 0.1) is 0 Å². The van der Waals surface area contributed by atoms with E-state index in [1.54, 1.807) is 18.2 Å². The number of aromatic nitrogens is 1. The maximum absolute atomic E-state index is 10.9. The first-order valence-corrected chi connectivity index (χ1v) is 5.80. The first-order valence-electron chi connectivity index (χ1n) is 3.81. The smallest absolute Gasteiger partial charge is 0.348 e. The highest BCUT2D eigenvalue weighted by Crippen LogP contribution is 2.34. The van der Waals surface area contributed by atoms with E-state index >= 15 is 0 Å². The highest BCUT2D eigenvalue weighted by atomic mass is 35.5. The fourth-order valence-electron chi connectivity index (χ4n) is 1.25. The zero-order valence-electron chi connectivity index (χ0n) is 6.94. The number of benzene rings is 1. The van der Waals surface area contributed by atoms with Gasteiger partial charge in [0.15, 0.2) is 0 Å². The van der Waals surface area contributed by atoms with Crippen LogP contribution in [0.2, 0.25) is 5.02 Å². The van der Waals surface area contributed by atoms with Gasteiger partial charge < -0.3 is 14.8 Å². The highest BCUT2D eigenvalue weighted by Gasteiger charge is 2.19. The van der Waals surface area contributed by atoms with Crippen molar-refractivity contribution < 1.29 is 14.4 Å². The van der Waals surface area contributed by atoms with Crippen molar-refractivity contribution in [2.24, 2.45) is 0 Å². The van der Waals surface area contributed by atoms with E-state index in [9.17, 15) is 4.57 Å². The summed E-state index contributed by atoms with van der Waals surface area (Å²) in [6.45, 7) is 0. The molecule has 0 saturated heterocycles. The summed E-state index contributed by atoms with van der Waals surface area (Å²) >= 11 is 5.73. The predicted molar refractivity (Wildman–Crippen MR) is 55.0 cm³/mol. The molecule has 14 heavy (non-hydrogen) atoms. The summed E-state index contributed by atoms with van der Waals surface area (Å²) in [6.07, 6.45) is 0. The number of halogens is 1. The molecule has 0 bridgehead atoms. The van der Waals surface area contributed by atoms with Crippen LogP contribution in [-0.4, -0.2) is 14.8 Å². The van der Waals surface area contributed by atoms with E-state index in [-0.39, 0.29) is 5.44 Å². The van der Waals surface area contributed by atoms with Gasteiger partial charge in [-0.1, -0.05) is 11.6 Å². The summed E-state index contributed by atoms with van der Waals surface area (Å²) in [6, 6.07) is 6.38. The molecule has 0 radical (unpaired) electrons. The van der Waals surface area contributed by atoms with Gasteiger partial charge in [-0.2, -0.15) is 0 Å². The molecule has 1 heterocycles. The Morgan fingerprint density at radius 3 is 2.64 bits per heavy atom. The first-order chi connectivity index (χ1) is 6.47. The number of nitrogens with one attached hydrogen (secondary N) is 1. The van der Waals surface area contributed by atoms with Crippen molar-refractivity contribution in [3.8, 4) is 0 Å². The summed E-state index contributed by atoms with van der Waals surface area (Å²) in [4.78, 5) is 20.5. The summed E-state index contributed by atoms with van der Waals surface area (Å²) < 4.78 is 10.9. The van der Waals surface area contributed by atoms with Crippen molar-refractivity contribution in [1.29, 1.82) is 0 Å². The number of hydrogen-bond donors (Lipinski definition) is 3. The highest BCUT2D eigenvalue weighted by molar-refractivity contribution is 7.60. The number of H-pyrrole nitrogens is 1. The number of hydrogen-bond acceptors (Lipinski definition) is 1. The van der Waals surface area contributed by atoms with Gasteiger partial charge in [0.25, 0.3) is 0 Å². The maximum Gasteiger partial charge on any atom is 0.372 e. The lowest BCUT2D eigenvalue weighted by molar-refractivity contribution is 0.386. The molecule has 3 N–H and O–H groups in total. The topological polar surface area (TPSA) is 73.3 Å². The van der Waals surface area contributed by atoms with E-state index in [0.29, 0.717) is 15.9 Å². The van der Waals surface area contributed by atoms with Gasteiger partial charge in [-0.25, -0.2) is 0 Å². The van der Waals surface area contributed by atoms with E-state index in [1.807, 2.05) is 0 Å². The van der Waals surface area contributed by atoms with Crippen molar-refractivity contribution >= 4 is 35.5 Å². The van der Waals surface area contributed by atoms with Crippen molar-refractivity contribution in [2.45, 2.75) is 0 Å². The Kier molecular flexibility index (Phi) is 2.16. The molecule has 74 valence electrons. The number of fused-ring (bicyclic) bond motifs is 1. The normalized spacial score (nSPS) is 12.2. The summed E-state index contributed by atoms with van der Waals surface area (Å²) in [5, 5.41) is 1.23. The average Bonchev–Trinajstić information content (AvgIpc) is 2.45. The molecule has 0 aliphatic heterocycles. The Labute approximate surface area is 84.7 Å². The van der Waals surface area contributed by atoms with Crippen LogP contribution in [-0.2, 0) is 4.57 Å². The van der Waals surface area contributed by atoms with Crippen LogP contribution < -0.4 is 5.44 Å². The quantitative estimate of drug-likeness (QED) is 0.653. The van der Waals surface area contributed by atoms with E-state index < -0.39 is 7.60 Å². The average molecular weight is 232 g/mol. The zero-order valence-corrected chi connectivity index (χ0v) is 8.59. The molecule has 2 rings (SSSR count). The standard InChI is InChI=1S/C8H7ClNO3P/c9-6-1-2-7-5(3-6)4-8(10-7)14(11,12)13/h1-4,10H,(H2,11,12,13). The summed E-state index contributed by atoms with van der Waals surface area (Å²) in [5.41, 5.74) is 0.572. The third-order valence-corrected chi connectivity index (χ3v) is 2.99. The van der Waals surface area contributed by atoms with Gasteiger partial charge in [0.05, 0.1) is 0 Å². The Hall–Kier alpha value is -0.800. The van der Waals surface area contributed by atoms with Crippen LogP contribution in [0.3, 0.4) is 0 Å². The van der Waals surface area contributed by atoms with Gasteiger partial charge >= 0.3 is 7.60 Å². The van der Waals surface area contributed by atoms with Crippen molar-refractivity contribution in [1.82, 2.24) is 4.98 Å². The van der Waals surface area contributed by atoms with Crippen LogP contribution in [0.1, 0.15) is 0 Å². The molecule has 0 saturated carbocycles. The number of aromatic amines is 1. The van der Waals surface area contributed by atoms with Gasteiger partial charge in [-0.15, -0.1) is 0 Å². The monoisotopic (exact) mass is 231 g/mol. The van der Waals surface area contributed by atoms with Gasteiger partial charge in [-0.3, -0.25) is 4.57 Å². The van der Waals surface area contributed by atoms with Crippen LogP contribution >= 0.6 is 19.2 Å². The van der Waals surface area contributed by atoms with E-state index in [0.717, 1.165) is 0 Å². The minimum Gasteiger partial charge on any atom is -0.348 e. The molecule has 1 aromatic heterocycles. The Morgan fingerprint density at radius 2 is 2.00 bits per heavy atom. The molecule has 2 aromatic rings. The molecule has 0 unspecified atom stereocenters. The summed E-state index contributed by atoms with van der Waals surface area (Å²) in [5.74, 6) is 0. The van der Waals surface area contributed by atoms with E-state index in [4.69, 9.17) is 21.4 Å². The molecule has 0 fully saturated rings. The fourth-order valence-corrected chi connectivity index (χ4v) is 2.00. The van der Waals surface area contributed by atoms with Gasteiger partial charge in [-0.05, 0) is 24.3 Å². The maximum atomic E-state index is 10.9. The second-order valence-corrected chi connectivity index (χ2v) is 4.94. The zero-order chi connectivity index (χ0) is 10.3. The van der Waals surface area contributed by atoms with Crippen molar-refractivity contribution in [3.63, 3.8) is 0 Å². The largest absolute Gasteiger partial charge is 0.372 e. The third kappa shape index (κ3) is 1.70. The molecule has 0 atom stereocenters. The second-order valence-electron chi connectivity index (χ2n) is 2.93. The van der Waals surface area contributed by atoms with Crippen molar-refractivity contribution in [2.75, 3.05) is 0 Å². The SMILES string of the molecule is O=P(O)(O)c1cc2cc(Cl)ccc2[nH]1. The van der Waals surface area contributed by atoms with Crippen molar-refractivity contribution in [3.05, 3.63) is 29.3 Å². The molecule has 0 spiro atoms. The Balaban J connectivity index is 2.69.